The van der Waals surface area contributed by atoms with Crippen LogP contribution in [0.2, 0.25) is 0 Å². The minimum absolute atomic E-state index is 0.00598. The molecule has 4 rings (SSSR count). The number of rotatable bonds is 4. The maximum absolute atomic E-state index is 11.7. The van der Waals surface area contributed by atoms with E-state index < -0.39 is 0 Å². The summed E-state index contributed by atoms with van der Waals surface area (Å²) >= 11 is 0. The van der Waals surface area contributed by atoms with Crippen LogP contribution in [-0.2, 0) is 0 Å². The summed E-state index contributed by atoms with van der Waals surface area (Å²) in [6.07, 6.45) is 3.36. The third-order valence-electron chi connectivity index (χ3n) is 5.05. The number of piperidine rings is 1. The Morgan fingerprint density at radius 3 is 2.75 bits per heavy atom. The first-order valence-electron chi connectivity index (χ1n) is 9.20. The van der Waals surface area contributed by atoms with Gasteiger partial charge in [-0.15, -0.1) is 0 Å². The van der Waals surface area contributed by atoms with Crippen LogP contribution in [0.3, 0.4) is 0 Å². The number of hydrogen-bond acceptors (Lipinski definition) is 7. The van der Waals surface area contributed by atoms with Gasteiger partial charge in [0.05, 0.1) is 11.3 Å². The second kappa shape index (κ2) is 7.61. The zero-order valence-corrected chi connectivity index (χ0v) is 15.5. The molecule has 0 radical (unpaired) electrons. The molecule has 1 aliphatic rings. The van der Waals surface area contributed by atoms with Crippen LogP contribution in [0.1, 0.15) is 47.5 Å². The van der Waals surface area contributed by atoms with Gasteiger partial charge in [0.25, 0.3) is 0 Å². The van der Waals surface area contributed by atoms with Crippen LogP contribution in [0.15, 0.2) is 47.1 Å². The second-order valence-electron chi connectivity index (χ2n) is 6.83. The van der Waals surface area contributed by atoms with Crippen LogP contribution < -0.4 is 4.90 Å². The van der Waals surface area contributed by atoms with E-state index in [-0.39, 0.29) is 11.7 Å². The van der Waals surface area contributed by atoms with Gasteiger partial charge in [-0.3, -0.25) is 9.78 Å². The highest BCUT2D eigenvalue weighted by molar-refractivity contribution is 5.95. The van der Waals surface area contributed by atoms with Crippen LogP contribution in [0, 0.1) is 11.3 Å². The maximum Gasteiger partial charge on any atom is 0.230 e. The van der Waals surface area contributed by atoms with E-state index in [0.29, 0.717) is 28.5 Å². The largest absolute Gasteiger partial charge is 0.370 e. The van der Waals surface area contributed by atoms with E-state index in [0.717, 1.165) is 31.6 Å². The first-order valence-corrected chi connectivity index (χ1v) is 9.20. The highest BCUT2D eigenvalue weighted by Gasteiger charge is 2.27. The SMILES string of the molecule is CC(=O)c1ccc(C#N)c(N2CCC(c3nc(-c4ccccn4)no3)CC2)c1. The number of carbonyl (C=O) groups is 1. The van der Waals surface area contributed by atoms with Gasteiger partial charge in [-0.1, -0.05) is 11.2 Å². The Labute approximate surface area is 162 Å². The molecule has 1 saturated heterocycles. The topological polar surface area (TPSA) is 95.9 Å². The predicted octanol–water partition coefficient (Wildman–Crippen LogP) is 3.59. The summed E-state index contributed by atoms with van der Waals surface area (Å²) in [6.45, 7) is 3.04. The van der Waals surface area contributed by atoms with Gasteiger partial charge in [0.15, 0.2) is 5.78 Å². The van der Waals surface area contributed by atoms with Gasteiger partial charge >= 0.3 is 0 Å². The monoisotopic (exact) mass is 373 g/mol. The average Bonchev–Trinajstić information content (AvgIpc) is 3.24. The molecule has 0 atom stereocenters. The molecule has 2 aromatic heterocycles. The number of pyridine rings is 1. The van der Waals surface area contributed by atoms with Crippen molar-refractivity contribution in [2.75, 3.05) is 18.0 Å². The first kappa shape index (κ1) is 17.9. The Bertz CT molecular complexity index is 1030. The Balaban J connectivity index is 1.49. The summed E-state index contributed by atoms with van der Waals surface area (Å²) in [5, 5.41) is 13.5. The Morgan fingerprint density at radius 1 is 1.25 bits per heavy atom. The molecule has 140 valence electrons. The van der Waals surface area contributed by atoms with Crippen molar-refractivity contribution in [2.45, 2.75) is 25.7 Å². The number of aromatic nitrogens is 3. The number of benzene rings is 1. The number of ketones is 1. The van der Waals surface area contributed by atoms with Crippen molar-refractivity contribution in [1.29, 1.82) is 5.26 Å². The molecule has 0 saturated carbocycles. The lowest BCUT2D eigenvalue weighted by atomic mass is 9.95. The van der Waals surface area contributed by atoms with E-state index in [2.05, 4.69) is 26.1 Å². The summed E-state index contributed by atoms with van der Waals surface area (Å²) in [5.41, 5.74) is 2.70. The summed E-state index contributed by atoms with van der Waals surface area (Å²) < 4.78 is 5.48. The highest BCUT2D eigenvalue weighted by Crippen LogP contribution is 2.32. The van der Waals surface area contributed by atoms with Gasteiger partial charge in [0, 0.05) is 30.8 Å². The summed E-state index contributed by atoms with van der Waals surface area (Å²) in [6, 6.07) is 13.0. The quantitative estimate of drug-likeness (QED) is 0.645. The molecule has 28 heavy (non-hydrogen) atoms. The first-order chi connectivity index (χ1) is 13.7. The van der Waals surface area contributed by atoms with Crippen molar-refractivity contribution < 1.29 is 9.32 Å². The molecular weight excluding hydrogens is 354 g/mol. The van der Waals surface area contributed by atoms with Gasteiger partial charge in [-0.05, 0) is 50.1 Å². The van der Waals surface area contributed by atoms with Crippen LogP contribution in [-0.4, -0.2) is 34.0 Å². The third kappa shape index (κ3) is 3.49. The predicted molar refractivity (Wildman–Crippen MR) is 103 cm³/mol. The maximum atomic E-state index is 11.7. The fourth-order valence-electron chi connectivity index (χ4n) is 3.47. The van der Waals surface area contributed by atoms with Gasteiger partial charge in [0.1, 0.15) is 11.8 Å². The molecule has 0 spiro atoms. The molecule has 0 amide bonds. The van der Waals surface area contributed by atoms with Crippen molar-refractivity contribution in [3.8, 4) is 17.6 Å². The molecule has 7 nitrogen and oxygen atoms in total. The molecule has 0 unspecified atom stereocenters. The van der Waals surface area contributed by atoms with Crippen molar-refractivity contribution in [2.24, 2.45) is 0 Å². The Morgan fingerprint density at radius 2 is 2.07 bits per heavy atom. The van der Waals surface area contributed by atoms with E-state index in [1.54, 1.807) is 18.3 Å². The molecule has 1 fully saturated rings. The Kier molecular flexibility index (Phi) is 4.85. The lowest BCUT2D eigenvalue weighted by Crippen LogP contribution is -2.33. The lowest BCUT2D eigenvalue weighted by Gasteiger charge is -2.32. The van der Waals surface area contributed by atoms with Crippen molar-refractivity contribution in [3.63, 3.8) is 0 Å². The zero-order chi connectivity index (χ0) is 19.5. The molecule has 3 aromatic rings. The molecular formula is C21H19N5O2. The number of nitriles is 1. The van der Waals surface area contributed by atoms with E-state index in [9.17, 15) is 10.1 Å². The summed E-state index contributed by atoms with van der Waals surface area (Å²) in [4.78, 5) is 22.6. The lowest BCUT2D eigenvalue weighted by molar-refractivity contribution is 0.101. The van der Waals surface area contributed by atoms with Crippen molar-refractivity contribution >= 4 is 11.5 Å². The van der Waals surface area contributed by atoms with Crippen LogP contribution in [0.5, 0.6) is 0 Å². The molecule has 0 aliphatic carbocycles. The average molecular weight is 373 g/mol. The van der Waals surface area contributed by atoms with E-state index in [4.69, 9.17) is 4.52 Å². The van der Waals surface area contributed by atoms with Crippen LogP contribution in [0.25, 0.3) is 11.5 Å². The van der Waals surface area contributed by atoms with Crippen LogP contribution in [0.4, 0.5) is 5.69 Å². The fraction of sp³-hybridized carbons (Fsp3) is 0.286. The molecule has 0 bridgehead atoms. The fourth-order valence-corrected chi connectivity index (χ4v) is 3.47. The van der Waals surface area contributed by atoms with Crippen molar-refractivity contribution in [1.82, 2.24) is 15.1 Å². The number of nitrogens with zero attached hydrogens (tertiary/aromatic N) is 5. The minimum Gasteiger partial charge on any atom is -0.370 e. The normalized spacial score (nSPS) is 14.6. The van der Waals surface area contributed by atoms with Crippen molar-refractivity contribution in [3.05, 3.63) is 59.6 Å². The summed E-state index contributed by atoms with van der Waals surface area (Å²) in [5.74, 6) is 1.29. The molecule has 7 heteroatoms. The zero-order valence-electron chi connectivity index (χ0n) is 15.5. The second-order valence-corrected chi connectivity index (χ2v) is 6.83. The molecule has 1 aliphatic heterocycles. The van der Waals surface area contributed by atoms with Crippen LogP contribution >= 0.6 is 0 Å². The van der Waals surface area contributed by atoms with E-state index >= 15 is 0 Å². The van der Waals surface area contributed by atoms with Gasteiger partial charge in [-0.25, -0.2) is 0 Å². The van der Waals surface area contributed by atoms with Gasteiger partial charge in [0.2, 0.25) is 11.7 Å². The third-order valence-corrected chi connectivity index (χ3v) is 5.05. The van der Waals surface area contributed by atoms with Gasteiger partial charge < -0.3 is 9.42 Å². The minimum atomic E-state index is -0.00598. The number of Topliss-reactive ketones (excluding diaryl/α,β-unsaturated/α-hetero) is 1. The van der Waals surface area contributed by atoms with E-state index in [1.165, 1.54) is 6.92 Å². The smallest absolute Gasteiger partial charge is 0.230 e. The van der Waals surface area contributed by atoms with E-state index in [1.807, 2.05) is 24.3 Å². The number of hydrogen-bond donors (Lipinski definition) is 0. The summed E-state index contributed by atoms with van der Waals surface area (Å²) in [7, 11) is 0. The number of anilines is 1. The molecule has 1 aromatic carbocycles. The molecule has 0 N–H and O–H groups in total. The number of carbonyl (C=O) groups excluding carboxylic acids is 1. The highest BCUT2D eigenvalue weighted by atomic mass is 16.5. The standard InChI is InChI=1S/C21H19N5O2/c1-14(27)16-5-6-17(13-22)19(12-16)26-10-7-15(8-11-26)21-24-20(25-28-21)18-4-2-3-9-23-18/h2-6,9,12,15H,7-8,10-11H2,1H3. The van der Waals surface area contributed by atoms with Gasteiger partial charge in [-0.2, -0.15) is 10.2 Å². The Hall–Kier alpha value is -3.53. The molecule has 3 heterocycles.